The highest BCUT2D eigenvalue weighted by Gasteiger charge is 2.21. The quantitative estimate of drug-likeness (QED) is 0.195. The minimum absolute atomic E-state index is 0.239. The van der Waals surface area contributed by atoms with E-state index in [-0.39, 0.29) is 31.0 Å². The van der Waals surface area contributed by atoms with Crippen LogP contribution in [0.1, 0.15) is 35.1 Å². The number of hydrazone groups is 1. The van der Waals surface area contributed by atoms with Crippen LogP contribution < -0.4 is 5.84 Å². The summed E-state index contributed by atoms with van der Waals surface area (Å²) in [5, 5.41) is 7.44. The number of Topliss-reactive ketones (excluding diaryl/α,β-unsaturated/α-hetero) is 1. The van der Waals surface area contributed by atoms with Crippen LogP contribution in [0.3, 0.4) is 0 Å². The van der Waals surface area contributed by atoms with E-state index in [0.29, 0.717) is 5.56 Å². The lowest BCUT2D eigenvalue weighted by Gasteiger charge is -2.01. The number of carbonyl (C=O) groups is 2. The van der Waals surface area contributed by atoms with Gasteiger partial charge in [-0.3, -0.25) is 19.3 Å². The smallest absolute Gasteiger partial charge is 0.313 e. The number of rotatable bonds is 7. The second-order valence-corrected chi connectivity index (χ2v) is 4.23. The molecule has 0 fully saturated rings. The van der Waals surface area contributed by atoms with Crippen molar-refractivity contribution in [2.45, 2.75) is 26.8 Å². The summed E-state index contributed by atoms with van der Waals surface area (Å²) in [5.41, 5.74) is 1.72. The predicted molar refractivity (Wildman–Crippen MR) is 78.4 cm³/mol. The van der Waals surface area contributed by atoms with Crippen molar-refractivity contribution in [2.24, 2.45) is 23.0 Å². The summed E-state index contributed by atoms with van der Waals surface area (Å²) in [6, 6.07) is 0. The maximum Gasteiger partial charge on any atom is 0.313 e. The molecule has 0 amide bonds. The highest BCUT2D eigenvalue weighted by Crippen LogP contribution is 2.16. The predicted octanol–water partition coefficient (Wildman–Crippen LogP) is 0.380. The van der Waals surface area contributed by atoms with Crippen LogP contribution >= 0.6 is 0 Å². The van der Waals surface area contributed by atoms with Gasteiger partial charge in [-0.05, 0) is 13.8 Å². The number of nitrogens with two attached hydrogens (primary N) is 1. The third-order valence-electron chi connectivity index (χ3n) is 2.84. The summed E-state index contributed by atoms with van der Waals surface area (Å²) in [4.78, 5) is 27.6. The van der Waals surface area contributed by atoms with Gasteiger partial charge in [0, 0.05) is 24.5 Å². The van der Waals surface area contributed by atoms with Crippen molar-refractivity contribution < 1.29 is 14.3 Å². The molecule has 1 heterocycles. The van der Waals surface area contributed by atoms with Gasteiger partial charge in [-0.25, -0.2) is 0 Å². The highest BCUT2D eigenvalue weighted by atomic mass is 16.5. The monoisotopic (exact) mass is 293 g/mol. The van der Waals surface area contributed by atoms with Gasteiger partial charge in [0.15, 0.2) is 5.78 Å². The molecule has 8 heteroatoms. The first-order valence-corrected chi connectivity index (χ1v) is 6.44. The second-order valence-electron chi connectivity index (χ2n) is 4.23. The van der Waals surface area contributed by atoms with Gasteiger partial charge in [-0.1, -0.05) is 0 Å². The summed E-state index contributed by atoms with van der Waals surface area (Å²) in [7, 11) is 1.73. The summed E-state index contributed by atoms with van der Waals surface area (Å²) in [5.74, 6) is 4.02. The van der Waals surface area contributed by atoms with Crippen LogP contribution in [-0.2, 0) is 23.1 Å². The molecule has 1 aromatic heterocycles. The van der Waals surface area contributed by atoms with Gasteiger partial charge in [0.1, 0.15) is 12.1 Å². The molecule has 1 rings (SSSR count). The Balaban J connectivity index is 2.93. The highest BCUT2D eigenvalue weighted by molar-refractivity contribution is 6.15. The van der Waals surface area contributed by atoms with Crippen LogP contribution in [0.4, 0.5) is 0 Å². The average Bonchev–Trinajstić information content (AvgIpc) is 2.72. The molecule has 0 unspecified atom stereocenters. The maximum atomic E-state index is 12.1. The van der Waals surface area contributed by atoms with E-state index in [1.807, 2.05) is 6.92 Å². The molecule has 0 aliphatic heterocycles. The standard InChI is InChI=1S/C13H19N5O3/c1-4-21-12(20)7-11(19)13-10(8-15-5-6-16-14)9(2)18(3)17-13/h5-6H,4,7-8,14H2,1-3H3/b15-5?,16-6-. The molecule has 21 heavy (non-hydrogen) atoms. The van der Waals surface area contributed by atoms with Gasteiger partial charge in [0.05, 0.1) is 19.4 Å². The first-order chi connectivity index (χ1) is 10.0. The molecule has 0 radical (unpaired) electrons. The number of esters is 1. The zero-order valence-corrected chi connectivity index (χ0v) is 12.4. The summed E-state index contributed by atoms with van der Waals surface area (Å²) < 4.78 is 6.35. The number of carbonyl (C=O) groups excluding carboxylic acids is 2. The van der Waals surface area contributed by atoms with E-state index < -0.39 is 5.97 Å². The topological polar surface area (TPSA) is 112 Å². The number of ketones is 1. The third kappa shape index (κ3) is 4.51. The lowest BCUT2D eigenvalue weighted by atomic mass is 10.1. The molecule has 0 bridgehead atoms. The normalized spacial score (nSPS) is 11.4. The molecule has 1 aromatic rings. The van der Waals surface area contributed by atoms with Crippen molar-refractivity contribution in [3.8, 4) is 0 Å². The number of aliphatic imine (C=N–C) groups is 1. The lowest BCUT2D eigenvalue weighted by Crippen LogP contribution is -2.13. The third-order valence-corrected chi connectivity index (χ3v) is 2.84. The van der Waals surface area contributed by atoms with E-state index in [4.69, 9.17) is 10.6 Å². The van der Waals surface area contributed by atoms with Gasteiger partial charge in [-0.15, -0.1) is 0 Å². The van der Waals surface area contributed by atoms with E-state index in [2.05, 4.69) is 15.2 Å². The SMILES string of the molecule is CCOC(=O)CC(=O)c1nn(C)c(C)c1CN=C/C=N\N. The first kappa shape index (κ1) is 16.5. The molecule has 0 atom stereocenters. The Morgan fingerprint density at radius 1 is 1.43 bits per heavy atom. The zero-order valence-electron chi connectivity index (χ0n) is 12.4. The minimum atomic E-state index is -0.560. The Labute approximate surface area is 122 Å². The Bertz CT molecular complexity index is 575. The Morgan fingerprint density at radius 3 is 2.76 bits per heavy atom. The van der Waals surface area contributed by atoms with Crippen LogP contribution in [0.15, 0.2) is 10.1 Å². The molecule has 0 aromatic carbocycles. The van der Waals surface area contributed by atoms with Crippen molar-refractivity contribution in [2.75, 3.05) is 6.61 Å². The van der Waals surface area contributed by atoms with Gasteiger partial charge in [-0.2, -0.15) is 10.2 Å². The number of nitrogens with zero attached hydrogens (tertiary/aromatic N) is 4. The number of hydrogen-bond acceptors (Lipinski definition) is 7. The van der Waals surface area contributed by atoms with E-state index >= 15 is 0 Å². The average molecular weight is 293 g/mol. The van der Waals surface area contributed by atoms with E-state index in [9.17, 15) is 9.59 Å². The molecule has 8 nitrogen and oxygen atoms in total. The Kier molecular flexibility index (Phi) is 6.25. The second kappa shape index (κ2) is 7.93. The largest absolute Gasteiger partial charge is 0.466 e. The van der Waals surface area contributed by atoms with E-state index in [1.165, 1.54) is 12.4 Å². The lowest BCUT2D eigenvalue weighted by molar-refractivity contribution is -0.141. The van der Waals surface area contributed by atoms with Crippen molar-refractivity contribution in [1.82, 2.24) is 9.78 Å². The maximum absolute atomic E-state index is 12.1. The van der Waals surface area contributed by atoms with Crippen LogP contribution in [0, 0.1) is 6.92 Å². The molecule has 0 aliphatic carbocycles. The molecule has 114 valence electrons. The van der Waals surface area contributed by atoms with Crippen molar-refractivity contribution in [3.05, 3.63) is 17.0 Å². The van der Waals surface area contributed by atoms with Crippen molar-refractivity contribution in [1.29, 1.82) is 0 Å². The van der Waals surface area contributed by atoms with Gasteiger partial charge < -0.3 is 10.6 Å². The molecule has 0 saturated heterocycles. The van der Waals surface area contributed by atoms with Crippen LogP contribution in [-0.4, -0.2) is 40.6 Å². The van der Waals surface area contributed by atoms with E-state index in [1.54, 1.807) is 18.7 Å². The summed E-state index contributed by atoms with van der Waals surface area (Å²) in [6.45, 7) is 4.01. The molecule has 2 N–H and O–H groups in total. The van der Waals surface area contributed by atoms with Crippen LogP contribution in [0.2, 0.25) is 0 Å². The van der Waals surface area contributed by atoms with Gasteiger partial charge >= 0.3 is 5.97 Å². The van der Waals surface area contributed by atoms with Crippen molar-refractivity contribution in [3.63, 3.8) is 0 Å². The molecular weight excluding hydrogens is 274 g/mol. The molecule has 0 spiro atoms. The minimum Gasteiger partial charge on any atom is -0.466 e. The van der Waals surface area contributed by atoms with Crippen LogP contribution in [0.25, 0.3) is 0 Å². The number of aromatic nitrogens is 2. The fourth-order valence-electron chi connectivity index (χ4n) is 1.72. The van der Waals surface area contributed by atoms with Crippen LogP contribution in [0.5, 0.6) is 0 Å². The molecule has 0 aliphatic rings. The summed E-state index contributed by atoms with van der Waals surface area (Å²) >= 11 is 0. The Morgan fingerprint density at radius 2 is 2.14 bits per heavy atom. The van der Waals surface area contributed by atoms with E-state index in [0.717, 1.165) is 5.69 Å². The summed E-state index contributed by atoms with van der Waals surface area (Å²) in [6.07, 6.45) is 2.45. The Hall–Kier alpha value is -2.51. The fraction of sp³-hybridized carbons (Fsp3) is 0.462. The molecule has 0 saturated carbocycles. The fourth-order valence-corrected chi connectivity index (χ4v) is 1.72. The molecular formula is C13H19N5O3. The number of hydrogen-bond donors (Lipinski definition) is 1. The zero-order chi connectivity index (χ0) is 15.8. The number of ether oxygens (including phenoxy) is 1. The van der Waals surface area contributed by atoms with Gasteiger partial charge in [0.2, 0.25) is 0 Å². The van der Waals surface area contributed by atoms with Crippen molar-refractivity contribution >= 4 is 24.2 Å². The van der Waals surface area contributed by atoms with Gasteiger partial charge in [0.25, 0.3) is 0 Å². The first-order valence-electron chi connectivity index (χ1n) is 6.44. The number of aryl methyl sites for hydroxylation is 1.